The molecule has 0 radical (unpaired) electrons. The molecule has 0 saturated carbocycles. The quantitative estimate of drug-likeness (QED) is 0.436. The van der Waals surface area contributed by atoms with Crippen molar-refractivity contribution in [1.82, 2.24) is 4.98 Å². The maximum absolute atomic E-state index is 12.7. The van der Waals surface area contributed by atoms with Crippen LogP contribution in [0.25, 0.3) is 10.9 Å². The standard InChI is InChI=1S/C24H23N3O2S/c1-15-11-19(13-28)20-7-4-6-17(23(20)26-15)12-16-5-2-3-8-21(16)27-24(29)22(25)18-9-10-30-14-18/h2-11,14,22,28H,12-13,25H2,1H3,(H,27,29)/t22-/m0/s1. The molecular formula is C24H23N3O2S. The van der Waals surface area contributed by atoms with Crippen LogP contribution >= 0.6 is 11.3 Å². The van der Waals surface area contributed by atoms with Gasteiger partial charge in [-0.25, -0.2) is 0 Å². The Labute approximate surface area is 179 Å². The molecule has 2 heterocycles. The fourth-order valence-electron chi connectivity index (χ4n) is 3.61. The Kier molecular flexibility index (Phi) is 5.90. The number of pyridine rings is 1. The molecule has 2 aromatic heterocycles. The highest BCUT2D eigenvalue weighted by atomic mass is 32.1. The van der Waals surface area contributed by atoms with E-state index in [-0.39, 0.29) is 12.5 Å². The first-order chi connectivity index (χ1) is 14.6. The van der Waals surface area contributed by atoms with Gasteiger partial charge < -0.3 is 16.2 Å². The molecule has 0 spiro atoms. The van der Waals surface area contributed by atoms with E-state index in [1.54, 1.807) is 0 Å². The predicted octanol–water partition coefficient (Wildman–Crippen LogP) is 4.33. The smallest absolute Gasteiger partial charge is 0.245 e. The third-order valence-electron chi connectivity index (χ3n) is 5.15. The van der Waals surface area contributed by atoms with E-state index in [1.165, 1.54) is 11.3 Å². The number of nitrogens with zero attached hydrogens (tertiary/aromatic N) is 1. The number of rotatable bonds is 6. The Bertz CT molecular complexity index is 1190. The number of amides is 1. The second-order valence-corrected chi connectivity index (χ2v) is 8.03. The summed E-state index contributed by atoms with van der Waals surface area (Å²) in [4.78, 5) is 17.4. The van der Waals surface area contributed by atoms with E-state index < -0.39 is 6.04 Å². The monoisotopic (exact) mass is 417 g/mol. The number of carbonyl (C=O) groups excluding carboxylic acids is 1. The Balaban J connectivity index is 1.65. The van der Waals surface area contributed by atoms with Crippen LogP contribution in [0.2, 0.25) is 0 Å². The molecule has 0 aliphatic carbocycles. The molecule has 1 amide bonds. The second kappa shape index (κ2) is 8.75. The van der Waals surface area contributed by atoms with E-state index in [0.717, 1.165) is 44.5 Å². The average Bonchev–Trinajstić information content (AvgIpc) is 3.29. The number of nitrogens with two attached hydrogens (primary N) is 1. The van der Waals surface area contributed by atoms with Gasteiger partial charge in [-0.15, -0.1) is 0 Å². The number of nitrogens with one attached hydrogen (secondary N) is 1. The molecule has 1 atom stereocenters. The highest BCUT2D eigenvalue weighted by Crippen LogP contribution is 2.27. The van der Waals surface area contributed by atoms with Gasteiger partial charge in [0, 0.05) is 23.2 Å². The Morgan fingerprint density at radius 1 is 1.13 bits per heavy atom. The third-order valence-corrected chi connectivity index (χ3v) is 5.85. The van der Waals surface area contributed by atoms with Crippen molar-refractivity contribution in [3.8, 4) is 0 Å². The van der Waals surface area contributed by atoms with Crippen molar-refractivity contribution < 1.29 is 9.90 Å². The van der Waals surface area contributed by atoms with Gasteiger partial charge in [-0.3, -0.25) is 9.78 Å². The molecule has 2 aromatic carbocycles. The van der Waals surface area contributed by atoms with E-state index in [1.807, 2.05) is 72.3 Å². The summed E-state index contributed by atoms with van der Waals surface area (Å²) in [5.74, 6) is -0.240. The number of thiophene rings is 1. The van der Waals surface area contributed by atoms with E-state index in [9.17, 15) is 9.90 Å². The Hall–Kier alpha value is -3.06. The Morgan fingerprint density at radius 3 is 2.70 bits per heavy atom. The molecule has 0 aliphatic rings. The molecule has 152 valence electrons. The molecule has 4 rings (SSSR count). The molecule has 0 unspecified atom stereocenters. The zero-order valence-corrected chi connectivity index (χ0v) is 17.4. The van der Waals surface area contributed by atoms with Gasteiger partial charge in [0.1, 0.15) is 6.04 Å². The van der Waals surface area contributed by atoms with Crippen molar-refractivity contribution in [2.45, 2.75) is 26.0 Å². The molecule has 4 aromatic rings. The van der Waals surface area contributed by atoms with Gasteiger partial charge in [0.25, 0.3) is 0 Å². The SMILES string of the molecule is Cc1cc(CO)c2cccc(Cc3ccccc3NC(=O)[C@@H](N)c3ccsc3)c2n1. The van der Waals surface area contributed by atoms with Crippen LogP contribution in [0.4, 0.5) is 5.69 Å². The number of hydrogen-bond donors (Lipinski definition) is 3. The summed E-state index contributed by atoms with van der Waals surface area (Å²) in [6.07, 6.45) is 0.600. The maximum Gasteiger partial charge on any atom is 0.245 e. The van der Waals surface area contributed by atoms with Crippen molar-refractivity contribution in [2.75, 3.05) is 5.32 Å². The number of benzene rings is 2. The van der Waals surface area contributed by atoms with Crippen LogP contribution in [0.3, 0.4) is 0 Å². The first-order valence-electron chi connectivity index (χ1n) is 9.72. The number of carbonyl (C=O) groups is 1. The first kappa shape index (κ1) is 20.2. The van der Waals surface area contributed by atoms with E-state index in [2.05, 4.69) is 5.32 Å². The van der Waals surface area contributed by atoms with Crippen LogP contribution in [0.1, 0.15) is 34.0 Å². The number of aliphatic hydroxyl groups excluding tert-OH is 1. The highest BCUT2D eigenvalue weighted by molar-refractivity contribution is 7.08. The van der Waals surface area contributed by atoms with Crippen molar-refractivity contribution in [2.24, 2.45) is 5.73 Å². The van der Waals surface area contributed by atoms with Gasteiger partial charge in [0.15, 0.2) is 0 Å². The first-order valence-corrected chi connectivity index (χ1v) is 10.7. The fraction of sp³-hybridized carbons (Fsp3) is 0.167. The maximum atomic E-state index is 12.7. The number of para-hydroxylation sites is 2. The van der Waals surface area contributed by atoms with Gasteiger partial charge in [-0.1, -0.05) is 36.4 Å². The van der Waals surface area contributed by atoms with E-state index >= 15 is 0 Å². The fourth-order valence-corrected chi connectivity index (χ4v) is 4.31. The Morgan fingerprint density at radius 2 is 1.93 bits per heavy atom. The second-order valence-electron chi connectivity index (χ2n) is 7.25. The van der Waals surface area contributed by atoms with E-state index in [4.69, 9.17) is 10.7 Å². The van der Waals surface area contributed by atoms with Crippen LogP contribution in [0.5, 0.6) is 0 Å². The molecule has 0 saturated heterocycles. The van der Waals surface area contributed by atoms with Crippen LogP contribution in [0, 0.1) is 6.92 Å². The normalized spacial score (nSPS) is 12.1. The van der Waals surface area contributed by atoms with E-state index in [0.29, 0.717) is 6.42 Å². The minimum absolute atomic E-state index is 0.0313. The molecule has 0 bridgehead atoms. The van der Waals surface area contributed by atoms with Crippen molar-refractivity contribution in [3.05, 3.63) is 93.3 Å². The lowest BCUT2D eigenvalue weighted by Gasteiger charge is -2.15. The van der Waals surface area contributed by atoms with Gasteiger partial charge in [0.05, 0.1) is 12.1 Å². The van der Waals surface area contributed by atoms with Gasteiger partial charge in [-0.05, 0) is 58.1 Å². The number of aliphatic hydroxyl groups is 1. The van der Waals surface area contributed by atoms with Crippen molar-refractivity contribution in [1.29, 1.82) is 0 Å². The summed E-state index contributed by atoms with van der Waals surface area (Å²) in [6, 6.07) is 16.8. The van der Waals surface area contributed by atoms with Gasteiger partial charge >= 0.3 is 0 Å². The number of fused-ring (bicyclic) bond motifs is 1. The lowest BCUT2D eigenvalue weighted by molar-refractivity contribution is -0.117. The summed E-state index contributed by atoms with van der Waals surface area (Å²) in [5.41, 5.74) is 12.3. The molecule has 4 N–H and O–H groups in total. The summed E-state index contributed by atoms with van der Waals surface area (Å²) in [6.45, 7) is 1.89. The summed E-state index contributed by atoms with van der Waals surface area (Å²) in [5, 5.41) is 17.5. The van der Waals surface area contributed by atoms with Crippen LogP contribution in [-0.4, -0.2) is 16.0 Å². The molecular weight excluding hydrogens is 394 g/mol. The summed E-state index contributed by atoms with van der Waals surface area (Å²) < 4.78 is 0. The summed E-state index contributed by atoms with van der Waals surface area (Å²) in [7, 11) is 0. The number of aryl methyl sites for hydroxylation is 1. The minimum Gasteiger partial charge on any atom is -0.392 e. The minimum atomic E-state index is -0.710. The third kappa shape index (κ3) is 4.11. The molecule has 0 fully saturated rings. The predicted molar refractivity (Wildman–Crippen MR) is 122 cm³/mol. The van der Waals surface area contributed by atoms with Gasteiger partial charge in [-0.2, -0.15) is 11.3 Å². The molecule has 30 heavy (non-hydrogen) atoms. The lowest BCUT2D eigenvalue weighted by atomic mass is 9.98. The van der Waals surface area contributed by atoms with Crippen LogP contribution in [-0.2, 0) is 17.8 Å². The molecule has 5 nitrogen and oxygen atoms in total. The largest absolute Gasteiger partial charge is 0.392 e. The molecule has 6 heteroatoms. The topological polar surface area (TPSA) is 88.2 Å². The van der Waals surface area contributed by atoms with Crippen molar-refractivity contribution in [3.63, 3.8) is 0 Å². The number of hydrogen-bond acceptors (Lipinski definition) is 5. The summed E-state index contributed by atoms with van der Waals surface area (Å²) >= 11 is 1.52. The number of anilines is 1. The van der Waals surface area contributed by atoms with Crippen LogP contribution in [0.15, 0.2) is 65.4 Å². The lowest BCUT2D eigenvalue weighted by Crippen LogP contribution is -2.27. The zero-order chi connectivity index (χ0) is 21.1. The van der Waals surface area contributed by atoms with Gasteiger partial charge in [0.2, 0.25) is 5.91 Å². The molecule has 0 aliphatic heterocycles. The average molecular weight is 418 g/mol. The van der Waals surface area contributed by atoms with Crippen LogP contribution < -0.4 is 11.1 Å². The zero-order valence-electron chi connectivity index (χ0n) is 16.6. The highest BCUT2D eigenvalue weighted by Gasteiger charge is 2.18. The number of aromatic nitrogens is 1. The van der Waals surface area contributed by atoms with Crippen molar-refractivity contribution >= 4 is 33.8 Å².